The average molecular weight is 276 g/mol. The molecule has 0 bridgehead atoms. The number of hydrogen-bond acceptors (Lipinski definition) is 4. The highest BCUT2D eigenvalue weighted by molar-refractivity contribution is 7.10. The van der Waals surface area contributed by atoms with E-state index in [2.05, 4.69) is 25.2 Å². The third-order valence-electron chi connectivity index (χ3n) is 2.90. The molecule has 0 radical (unpaired) electrons. The van der Waals surface area contributed by atoms with Crippen LogP contribution in [0.5, 0.6) is 0 Å². The van der Waals surface area contributed by atoms with Crippen LogP contribution in [-0.2, 0) is 0 Å². The lowest BCUT2D eigenvalue weighted by atomic mass is 10.0. The largest absolute Gasteiger partial charge is 0.377 e. The van der Waals surface area contributed by atoms with E-state index < -0.39 is 0 Å². The van der Waals surface area contributed by atoms with Crippen molar-refractivity contribution in [3.05, 3.63) is 56.8 Å². The van der Waals surface area contributed by atoms with Gasteiger partial charge in [0.1, 0.15) is 0 Å². The fourth-order valence-corrected chi connectivity index (χ4v) is 2.87. The molecule has 1 N–H and O–H groups in total. The Labute approximate surface area is 116 Å². The summed E-state index contributed by atoms with van der Waals surface area (Å²) in [4.78, 5) is 11.6. The Bertz CT molecular complexity index is 552. The van der Waals surface area contributed by atoms with E-state index in [9.17, 15) is 10.1 Å². The number of benzene rings is 1. The van der Waals surface area contributed by atoms with Gasteiger partial charge in [0.15, 0.2) is 0 Å². The lowest BCUT2D eigenvalue weighted by Gasteiger charge is -2.22. The Morgan fingerprint density at radius 1 is 1.26 bits per heavy atom. The molecule has 5 heteroatoms. The van der Waals surface area contributed by atoms with Gasteiger partial charge in [0.25, 0.3) is 5.69 Å². The lowest BCUT2D eigenvalue weighted by Crippen LogP contribution is -2.15. The zero-order valence-electron chi connectivity index (χ0n) is 10.9. The van der Waals surface area contributed by atoms with Gasteiger partial charge in [-0.1, -0.05) is 26.0 Å². The van der Waals surface area contributed by atoms with Crippen LogP contribution in [0.3, 0.4) is 0 Å². The molecule has 4 nitrogen and oxygen atoms in total. The molecule has 1 aromatic carbocycles. The number of non-ortho nitro benzene ring substituents is 1. The lowest BCUT2D eigenvalue weighted by molar-refractivity contribution is -0.384. The van der Waals surface area contributed by atoms with E-state index >= 15 is 0 Å². The van der Waals surface area contributed by atoms with Crippen LogP contribution < -0.4 is 5.32 Å². The molecule has 0 aliphatic heterocycles. The summed E-state index contributed by atoms with van der Waals surface area (Å²) in [6, 6.07) is 10.9. The summed E-state index contributed by atoms with van der Waals surface area (Å²) in [6.45, 7) is 4.27. The first-order valence-corrected chi connectivity index (χ1v) is 7.00. The maximum Gasteiger partial charge on any atom is 0.271 e. The monoisotopic (exact) mass is 276 g/mol. The summed E-state index contributed by atoms with van der Waals surface area (Å²) in [5, 5.41) is 16.2. The molecule has 100 valence electrons. The Morgan fingerprint density at radius 2 is 2.05 bits per heavy atom. The molecule has 1 heterocycles. The van der Waals surface area contributed by atoms with Crippen LogP contribution in [0.4, 0.5) is 11.4 Å². The van der Waals surface area contributed by atoms with Crippen LogP contribution in [0.25, 0.3) is 0 Å². The second-order valence-electron chi connectivity index (χ2n) is 4.69. The van der Waals surface area contributed by atoms with Gasteiger partial charge in [-0.05, 0) is 23.4 Å². The van der Waals surface area contributed by atoms with Crippen LogP contribution in [0, 0.1) is 16.0 Å². The molecule has 1 unspecified atom stereocenters. The molecule has 0 saturated carbocycles. The first-order chi connectivity index (χ1) is 9.08. The number of anilines is 1. The van der Waals surface area contributed by atoms with E-state index in [0.717, 1.165) is 5.69 Å². The van der Waals surface area contributed by atoms with Gasteiger partial charge in [-0.2, -0.15) is 0 Å². The second-order valence-corrected chi connectivity index (χ2v) is 5.67. The molecule has 0 amide bonds. The Balaban J connectivity index is 2.22. The molecule has 0 fully saturated rings. The van der Waals surface area contributed by atoms with Crippen molar-refractivity contribution >= 4 is 22.7 Å². The Kier molecular flexibility index (Phi) is 4.16. The van der Waals surface area contributed by atoms with Crippen molar-refractivity contribution in [2.75, 3.05) is 5.32 Å². The number of hydrogen-bond donors (Lipinski definition) is 1. The van der Waals surface area contributed by atoms with Crippen LogP contribution in [-0.4, -0.2) is 4.92 Å². The van der Waals surface area contributed by atoms with Crippen LogP contribution in [0.2, 0.25) is 0 Å². The van der Waals surface area contributed by atoms with Gasteiger partial charge in [-0.25, -0.2) is 0 Å². The minimum absolute atomic E-state index is 0.110. The maximum absolute atomic E-state index is 10.8. The van der Waals surface area contributed by atoms with Crippen LogP contribution in [0.1, 0.15) is 24.8 Å². The highest BCUT2D eigenvalue weighted by Crippen LogP contribution is 2.30. The topological polar surface area (TPSA) is 55.2 Å². The van der Waals surface area contributed by atoms with Crippen molar-refractivity contribution < 1.29 is 4.92 Å². The molecule has 0 spiro atoms. The molecule has 19 heavy (non-hydrogen) atoms. The van der Waals surface area contributed by atoms with Crippen molar-refractivity contribution in [2.24, 2.45) is 5.92 Å². The van der Waals surface area contributed by atoms with E-state index in [4.69, 9.17) is 0 Å². The number of thiophene rings is 1. The fraction of sp³-hybridized carbons (Fsp3) is 0.286. The highest BCUT2D eigenvalue weighted by atomic mass is 32.1. The van der Waals surface area contributed by atoms with Crippen LogP contribution in [0.15, 0.2) is 41.8 Å². The molecule has 1 atom stereocenters. The summed E-state index contributed by atoms with van der Waals surface area (Å²) < 4.78 is 0. The number of nitro benzene ring substituents is 1. The molecule has 0 saturated heterocycles. The third kappa shape index (κ3) is 3.32. The van der Waals surface area contributed by atoms with Crippen molar-refractivity contribution in [3.8, 4) is 0 Å². The number of nitrogens with zero attached hydrogens (tertiary/aromatic N) is 1. The summed E-state index contributed by atoms with van der Waals surface area (Å²) in [6.07, 6.45) is 0. The fourth-order valence-electron chi connectivity index (χ4n) is 1.92. The van der Waals surface area contributed by atoms with Gasteiger partial charge in [-0.15, -0.1) is 11.3 Å². The number of nitro groups is 1. The van der Waals surface area contributed by atoms with Gasteiger partial charge in [0, 0.05) is 22.7 Å². The number of rotatable bonds is 5. The maximum atomic E-state index is 10.8. The van der Waals surface area contributed by atoms with E-state index in [1.54, 1.807) is 23.5 Å². The first kappa shape index (κ1) is 13.5. The Hall–Kier alpha value is -1.88. The SMILES string of the molecule is CC(C)C(Nc1cccc([N+](=O)[O-])c1)c1cccs1. The zero-order valence-corrected chi connectivity index (χ0v) is 11.7. The van der Waals surface area contributed by atoms with Gasteiger partial charge in [0.05, 0.1) is 11.0 Å². The van der Waals surface area contributed by atoms with E-state index in [0.29, 0.717) is 5.92 Å². The minimum Gasteiger partial charge on any atom is -0.377 e. The molecular weight excluding hydrogens is 260 g/mol. The van der Waals surface area contributed by atoms with Crippen molar-refractivity contribution in [3.63, 3.8) is 0 Å². The van der Waals surface area contributed by atoms with E-state index in [-0.39, 0.29) is 16.7 Å². The number of nitrogens with one attached hydrogen (secondary N) is 1. The molecular formula is C14H16N2O2S. The van der Waals surface area contributed by atoms with E-state index in [1.807, 2.05) is 17.5 Å². The van der Waals surface area contributed by atoms with Crippen molar-refractivity contribution in [1.82, 2.24) is 0 Å². The van der Waals surface area contributed by atoms with Gasteiger partial charge >= 0.3 is 0 Å². The van der Waals surface area contributed by atoms with Crippen molar-refractivity contribution in [2.45, 2.75) is 19.9 Å². The third-order valence-corrected chi connectivity index (χ3v) is 3.85. The zero-order chi connectivity index (χ0) is 13.8. The Morgan fingerprint density at radius 3 is 2.63 bits per heavy atom. The predicted octanol–water partition coefficient (Wildman–Crippen LogP) is 4.47. The smallest absolute Gasteiger partial charge is 0.271 e. The summed E-state index contributed by atoms with van der Waals surface area (Å²) >= 11 is 1.69. The minimum atomic E-state index is -0.374. The first-order valence-electron chi connectivity index (χ1n) is 6.12. The normalized spacial score (nSPS) is 12.4. The summed E-state index contributed by atoms with van der Waals surface area (Å²) in [5.74, 6) is 0.401. The standard InChI is InChI=1S/C14H16N2O2S/c1-10(2)14(13-7-4-8-19-13)15-11-5-3-6-12(9-11)16(17)18/h3-10,14-15H,1-2H3. The molecule has 2 aromatic rings. The molecule has 0 aliphatic rings. The molecule has 1 aromatic heterocycles. The predicted molar refractivity (Wildman–Crippen MR) is 78.6 cm³/mol. The average Bonchev–Trinajstić information content (AvgIpc) is 2.89. The molecule has 0 aliphatic carbocycles. The highest BCUT2D eigenvalue weighted by Gasteiger charge is 2.17. The van der Waals surface area contributed by atoms with Gasteiger partial charge < -0.3 is 5.32 Å². The van der Waals surface area contributed by atoms with Gasteiger partial charge in [0.2, 0.25) is 0 Å². The van der Waals surface area contributed by atoms with Crippen molar-refractivity contribution in [1.29, 1.82) is 0 Å². The quantitative estimate of drug-likeness (QED) is 0.647. The van der Waals surface area contributed by atoms with Crippen LogP contribution >= 0.6 is 11.3 Å². The summed E-state index contributed by atoms with van der Waals surface area (Å²) in [7, 11) is 0. The van der Waals surface area contributed by atoms with Gasteiger partial charge in [-0.3, -0.25) is 10.1 Å². The summed E-state index contributed by atoms with van der Waals surface area (Å²) in [5.41, 5.74) is 0.889. The van der Waals surface area contributed by atoms with E-state index in [1.165, 1.54) is 10.9 Å². The second kappa shape index (κ2) is 5.84. The molecule has 2 rings (SSSR count).